The van der Waals surface area contributed by atoms with Gasteiger partial charge in [-0.3, -0.25) is 0 Å². The Balaban J connectivity index is 1.94. The Morgan fingerprint density at radius 1 is 1.27 bits per heavy atom. The zero-order valence-electron chi connectivity index (χ0n) is 9.51. The minimum absolute atomic E-state index is 0.391. The van der Waals surface area contributed by atoms with Crippen LogP contribution in [0.5, 0.6) is 0 Å². The van der Waals surface area contributed by atoms with E-state index < -0.39 is 0 Å². The third kappa shape index (κ3) is 2.56. The summed E-state index contributed by atoms with van der Waals surface area (Å²) < 4.78 is 11.2. The van der Waals surface area contributed by atoms with Crippen molar-refractivity contribution in [2.75, 3.05) is 25.2 Å². The van der Waals surface area contributed by atoms with E-state index in [4.69, 9.17) is 9.47 Å². The predicted molar refractivity (Wildman–Crippen MR) is 64.4 cm³/mol. The van der Waals surface area contributed by atoms with Crippen LogP contribution in [0.15, 0.2) is 0 Å². The largest absolute Gasteiger partial charge is 0.381 e. The fourth-order valence-electron chi connectivity index (χ4n) is 2.84. The Hall–Kier alpha value is 0.400. The van der Waals surface area contributed by atoms with Crippen LogP contribution in [0.4, 0.5) is 0 Å². The first-order chi connectivity index (χ1) is 7.27. The van der Waals surface area contributed by atoms with E-state index in [0.29, 0.717) is 11.5 Å². The SMILES string of the molecule is CC1OCCC1(CBr)CC1CCOCC1. The molecule has 2 atom stereocenters. The molecular weight excluding hydrogens is 256 g/mol. The summed E-state index contributed by atoms with van der Waals surface area (Å²) in [5.74, 6) is 0.848. The molecule has 2 aliphatic heterocycles. The van der Waals surface area contributed by atoms with Crippen molar-refractivity contribution in [2.45, 2.75) is 38.7 Å². The lowest BCUT2D eigenvalue weighted by Gasteiger charge is -2.35. The summed E-state index contributed by atoms with van der Waals surface area (Å²) >= 11 is 3.69. The highest BCUT2D eigenvalue weighted by Crippen LogP contribution is 2.43. The molecule has 0 radical (unpaired) electrons. The van der Waals surface area contributed by atoms with Crippen LogP contribution in [0.25, 0.3) is 0 Å². The molecule has 0 aromatic heterocycles. The van der Waals surface area contributed by atoms with Gasteiger partial charge in [0.05, 0.1) is 6.10 Å². The van der Waals surface area contributed by atoms with Crippen LogP contribution >= 0.6 is 15.9 Å². The molecule has 15 heavy (non-hydrogen) atoms. The Morgan fingerprint density at radius 3 is 2.53 bits per heavy atom. The van der Waals surface area contributed by atoms with Crippen molar-refractivity contribution < 1.29 is 9.47 Å². The Bertz CT molecular complexity index is 204. The minimum Gasteiger partial charge on any atom is -0.381 e. The van der Waals surface area contributed by atoms with Gasteiger partial charge in [-0.2, -0.15) is 0 Å². The summed E-state index contributed by atoms with van der Waals surface area (Å²) in [4.78, 5) is 0. The molecule has 3 heteroatoms. The predicted octanol–water partition coefficient (Wildman–Crippen LogP) is 2.99. The van der Waals surface area contributed by atoms with Crippen LogP contribution in [0.3, 0.4) is 0 Å². The highest BCUT2D eigenvalue weighted by atomic mass is 79.9. The van der Waals surface area contributed by atoms with E-state index in [2.05, 4.69) is 22.9 Å². The second-order valence-corrected chi connectivity index (χ2v) is 5.58. The van der Waals surface area contributed by atoms with Crippen molar-refractivity contribution in [2.24, 2.45) is 11.3 Å². The summed E-state index contributed by atoms with van der Waals surface area (Å²) in [7, 11) is 0. The van der Waals surface area contributed by atoms with Crippen LogP contribution in [0, 0.1) is 11.3 Å². The van der Waals surface area contributed by atoms with Crippen molar-refractivity contribution in [3.05, 3.63) is 0 Å². The standard InChI is InChI=1S/C12H21BrO2/c1-10-12(9-13,4-7-15-10)8-11-2-5-14-6-3-11/h10-11H,2-9H2,1H3. The number of halogens is 1. The number of hydrogen-bond acceptors (Lipinski definition) is 2. The van der Waals surface area contributed by atoms with Crippen LogP contribution in [-0.4, -0.2) is 31.3 Å². The number of ether oxygens (including phenoxy) is 2. The fraction of sp³-hybridized carbons (Fsp3) is 1.00. The van der Waals surface area contributed by atoms with Crippen LogP contribution in [-0.2, 0) is 9.47 Å². The van der Waals surface area contributed by atoms with Crippen molar-refractivity contribution in [1.29, 1.82) is 0 Å². The quantitative estimate of drug-likeness (QED) is 0.738. The molecule has 0 saturated carbocycles. The first-order valence-corrected chi connectivity index (χ1v) is 7.14. The smallest absolute Gasteiger partial charge is 0.0612 e. The molecule has 0 aromatic rings. The lowest BCUT2D eigenvalue weighted by molar-refractivity contribution is 0.0266. The number of hydrogen-bond donors (Lipinski definition) is 0. The summed E-state index contributed by atoms with van der Waals surface area (Å²) in [5, 5.41) is 1.08. The van der Waals surface area contributed by atoms with Crippen molar-refractivity contribution in [3.63, 3.8) is 0 Å². The van der Waals surface area contributed by atoms with E-state index >= 15 is 0 Å². The molecule has 2 rings (SSSR count). The van der Waals surface area contributed by atoms with E-state index in [9.17, 15) is 0 Å². The number of alkyl halides is 1. The highest BCUT2D eigenvalue weighted by molar-refractivity contribution is 9.09. The van der Waals surface area contributed by atoms with E-state index in [-0.39, 0.29) is 0 Å². The van der Waals surface area contributed by atoms with Gasteiger partial charge in [0.25, 0.3) is 0 Å². The van der Waals surface area contributed by atoms with Gasteiger partial charge in [0.1, 0.15) is 0 Å². The van der Waals surface area contributed by atoms with E-state index in [1.165, 1.54) is 25.7 Å². The van der Waals surface area contributed by atoms with Gasteiger partial charge in [-0.05, 0) is 38.5 Å². The van der Waals surface area contributed by atoms with Gasteiger partial charge in [0.2, 0.25) is 0 Å². The third-order valence-corrected chi connectivity index (χ3v) is 5.25. The molecule has 0 spiro atoms. The Morgan fingerprint density at radius 2 is 2.00 bits per heavy atom. The van der Waals surface area contributed by atoms with E-state index in [1.54, 1.807) is 0 Å². The second-order valence-electron chi connectivity index (χ2n) is 5.02. The molecule has 2 nitrogen and oxygen atoms in total. The minimum atomic E-state index is 0.391. The third-order valence-electron chi connectivity index (χ3n) is 4.13. The van der Waals surface area contributed by atoms with Gasteiger partial charge in [0.15, 0.2) is 0 Å². The first kappa shape index (κ1) is 11.9. The molecule has 2 saturated heterocycles. The molecule has 2 fully saturated rings. The lowest BCUT2D eigenvalue weighted by atomic mass is 9.74. The van der Waals surface area contributed by atoms with Gasteiger partial charge in [-0.15, -0.1) is 0 Å². The monoisotopic (exact) mass is 276 g/mol. The summed E-state index contributed by atoms with van der Waals surface area (Å²) in [6, 6.07) is 0. The lowest BCUT2D eigenvalue weighted by Crippen LogP contribution is -2.34. The highest BCUT2D eigenvalue weighted by Gasteiger charge is 2.42. The van der Waals surface area contributed by atoms with E-state index in [0.717, 1.165) is 31.1 Å². The average Bonchev–Trinajstić information content (AvgIpc) is 2.62. The van der Waals surface area contributed by atoms with Gasteiger partial charge >= 0.3 is 0 Å². The molecular formula is C12H21BrO2. The fourth-order valence-corrected chi connectivity index (χ4v) is 3.81. The van der Waals surface area contributed by atoms with Gasteiger partial charge in [0, 0.05) is 30.6 Å². The summed E-state index contributed by atoms with van der Waals surface area (Å²) in [6.45, 7) is 5.08. The van der Waals surface area contributed by atoms with Crippen LogP contribution in [0.1, 0.15) is 32.6 Å². The van der Waals surface area contributed by atoms with E-state index in [1.807, 2.05) is 0 Å². The summed E-state index contributed by atoms with van der Waals surface area (Å²) in [6.07, 6.45) is 5.42. The molecule has 0 bridgehead atoms. The molecule has 0 aliphatic carbocycles. The maximum atomic E-state index is 5.74. The molecule has 0 amide bonds. The summed E-state index contributed by atoms with van der Waals surface area (Å²) in [5.41, 5.74) is 0.391. The van der Waals surface area contributed by atoms with Gasteiger partial charge in [-0.25, -0.2) is 0 Å². The topological polar surface area (TPSA) is 18.5 Å². The molecule has 0 N–H and O–H groups in total. The second kappa shape index (κ2) is 5.15. The Labute approximate surface area is 101 Å². The number of rotatable bonds is 3. The Kier molecular flexibility index (Phi) is 4.08. The zero-order chi connectivity index (χ0) is 10.7. The molecule has 2 heterocycles. The van der Waals surface area contributed by atoms with Gasteiger partial charge < -0.3 is 9.47 Å². The normalized spacial score (nSPS) is 38.4. The zero-order valence-corrected chi connectivity index (χ0v) is 11.1. The van der Waals surface area contributed by atoms with Crippen molar-refractivity contribution in [3.8, 4) is 0 Å². The first-order valence-electron chi connectivity index (χ1n) is 6.02. The van der Waals surface area contributed by atoms with Crippen LogP contribution in [0.2, 0.25) is 0 Å². The van der Waals surface area contributed by atoms with Crippen LogP contribution < -0.4 is 0 Å². The maximum absolute atomic E-state index is 5.74. The van der Waals surface area contributed by atoms with Gasteiger partial charge in [-0.1, -0.05) is 15.9 Å². The molecule has 88 valence electrons. The average molecular weight is 277 g/mol. The van der Waals surface area contributed by atoms with Crippen molar-refractivity contribution >= 4 is 15.9 Å². The maximum Gasteiger partial charge on any atom is 0.0612 e. The van der Waals surface area contributed by atoms with Crippen molar-refractivity contribution in [1.82, 2.24) is 0 Å². The molecule has 0 aromatic carbocycles. The molecule has 2 unspecified atom stereocenters. The molecule has 2 aliphatic rings.